The third kappa shape index (κ3) is 3.65. The van der Waals surface area contributed by atoms with Crippen molar-refractivity contribution in [3.63, 3.8) is 0 Å². The van der Waals surface area contributed by atoms with Crippen LogP contribution in [0.1, 0.15) is 35.3 Å². The zero-order valence-corrected chi connectivity index (χ0v) is 15.8. The number of hydrogen-bond acceptors (Lipinski definition) is 3. The molecule has 0 saturated heterocycles. The number of pyridine rings is 1. The second-order valence-corrected chi connectivity index (χ2v) is 7.51. The van der Waals surface area contributed by atoms with Crippen molar-refractivity contribution in [1.29, 1.82) is 0 Å². The van der Waals surface area contributed by atoms with E-state index in [1.807, 2.05) is 47.5 Å². The molecule has 0 spiro atoms. The number of carbonyl (C=O) groups excluding carboxylic acids is 1. The summed E-state index contributed by atoms with van der Waals surface area (Å²) in [7, 11) is 0. The number of amides is 1. The van der Waals surface area contributed by atoms with Crippen LogP contribution in [-0.2, 0) is 13.0 Å². The Kier molecular flexibility index (Phi) is 4.80. The lowest BCUT2D eigenvalue weighted by atomic mass is 10.1. The fourth-order valence-corrected chi connectivity index (χ4v) is 3.64. The number of ether oxygens (including phenoxy) is 1. The van der Waals surface area contributed by atoms with E-state index in [-0.39, 0.29) is 5.91 Å². The molecule has 0 aliphatic carbocycles. The van der Waals surface area contributed by atoms with Gasteiger partial charge in [0, 0.05) is 31.1 Å². The zero-order valence-electron chi connectivity index (χ0n) is 15.8. The van der Waals surface area contributed by atoms with Gasteiger partial charge in [-0.25, -0.2) is 0 Å². The highest BCUT2D eigenvalue weighted by atomic mass is 16.5. The molecule has 1 amide bonds. The lowest BCUT2D eigenvalue weighted by Crippen LogP contribution is -2.34. The van der Waals surface area contributed by atoms with Gasteiger partial charge >= 0.3 is 0 Å². The van der Waals surface area contributed by atoms with Crippen LogP contribution in [0, 0.1) is 5.92 Å². The lowest BCUT2D eigenvalue weighted by Gasteiger charge is -2.25. The van der Waals surface area contributed by atoms with Crippen molar-refractivity contribution in [2.24, 2.45) is 5.92 Å². The summed E-state index contributed by atoms with van der Waals surface area (Å²) in [5.41, 5.74) is 3.80. The van der Waals surface area contributed by atoms with Gasteiger partial charge in [0.15, 0.2) is 0 Å². The van der Waals surface area contributed by atoms with Crippen LogP contribution in [0.15, 0.2) is 54.7 Å². The Morgan fingerprint density at radius 3 is 2.89 bits per heavy atom. The maximum atomic E-state index is 13.3. The van der Waals surface area contributed by atoms with Crippen LogP contribution in [-0.4, -0.2) is 28.9 Å². The Morgan fingerprint density at radius 1 is 1.19 bits per heavy atom. The first kappa shape index (κ1) is 17.5. The molecule has 1 aliphatic rings. The van der Waals surface area contributed by atoms with Crippen LogP contribution in [0.5, 0.6) is 5.75 Å². The van der Waals surface area contributed by atoms with E-state index in [0.29, 0.717) is 31.2 Å². The normalized spacial score (nSPS) is 12.9. The Labute approximate surface area is 159 Å². The Balaban J connectivity index is 1.64. The first-order valence-electron chi connectivity index (χ1n) is 9.49. The predicted molar refractivity (Wildman–Crippen MR) is 107 cm³/mol. The first-order chi connectivity index (χ1) is 13.1. The summed E-state index contributed by atoms with van der Waals surface area (Å²) < 4.78 is 5.75. The van der Waals surface area contributed by atoms with Crippen LogP contribution in [0.3, 0.4) is 0 Å². The molecule has 4 rings (SSSR count). The van der Waals surface area contributed by atoms with Gasteiger partial charge in [0.25, 0.3) is 5.91 Å². The van der Waals surface area contributed by atoms with E-state index in [1.54, 1.807) is 0 Å². The minimum absolute atomic E-state index is 0.0237. The molecule has 0 radical (unpaired) electrons. The van der Waals surface area contributed by atoms with E-state index in [4.69, 9.17) is 4.74 Å². The van der Waals surface area contributed by atoms with E-state index in [2.05, 4.69) is 31.0 Å². The number of nitrogens with zero attached hydrogens (tertiary/aromatic N) is 2. The van der Waals surface area contributed by atoms with Crippen molar-refractivity contribution < 1.29 is 9.53 Å². The van der Waals surface area contributed by atoms with Crippen molar-refractivity contribution in [2.75, 3.05) is 13.2 Å². The number of carbonyl (C=O) groups is 1. The van der Waals surface area contributed by atoms with Crippen molar-refractivity contribution in [3.8, 4) is 5.75 Å². The molecule has 0 saturated carbocycles. The topological polar surface area (TPSA) is 42.4 Å². The molecular formula is C23H24N2O2. The largest absolute Gasteiger partial charge is 0.492 e. The third-order valence-corrected chi connectivity index (χ3v) is 4.84. The molecule has 1 aliphatic heterocycles. The van der Waals surface area contributed by atoms with Crippen LogP contribution >= 0.6 is 0 Å². The molecule has 138 valence electrons. The zero-order chi connectivity index (χ0) is 18.8. The summed E-state index contributed by atoms with van der Waals surface area (Å²) >= 11 is 0. The van der Waals surface area contributed by atoms with Crippen molar-refractivity contribution >= 4 is 16.8 Å². The number of aromatic nitrogens is 1. The smallest absolute Gasteiger partial charge is 0.257 e. The SMILES string of the molecule is CC(C)CN(Cc1cnc2ccccc2c1)C(=O)c1cccc2c1OCC2. The molecule has 2 heterocycles. The summed E-state index contributed by atoms with van der Waals surface area (Å²) in [5.74, 6) is 1.16. The average molecular weight is 360 g/mol. The summed E-state index contributed by atoms with van der Waals surface area (Å²) in [4.78, 5) is 19.8. The molecule has 2 aromatic carbocycles. The number of para-hydroxylation sites is 2. The highest BCUT2D eigenvalue weighted by molar-refractivity contribution is 5.97. The quantitative estimate of drug-likeness (QED) is 0.674. The van der Waals surface area contributed by atoms with Gasteiger partial charge in [0.2, 0.25) is 0 Å². The van der Waals surface area contributed by atoms with Gasteiger partial charge in [-0.2, -0.15) is 0 Å². The predicted octanol–water partition coefficient (Wildman–Crippen LogP) is 4.47. The van der Waals surface area contributed by atoms with Crippen LogP contribution in [0.25, 0.3) is 10.9 Å². The molecule has 27 heavy (non-hydrogen) atoms. The molecule has 4 nitrogen and oxygen atoms in total. The summed E-state index contributed by atoms with van der Waals surface area (Å²) in [6, 6.07) is 16.0. The molecule has 0 bridgehead atoms. The third-order valence-electron chi connectivity index (χ3n) is 4.84. The van der Waals surface area contributed by atoms with Gasteiger partial charge in [-0.05, 0) is 35.2 Å². The van der Waals surface area contributed by atoms with Crippen LogP contribution in [0.4, 0.5) is 0 Å². The van der Waals surface area contributed by atoms with Crippen molar-refractivity contribution in [2.45, 2.75) is 26.8 Å². The fraction of sp³-hybridized carbons (Fsp3) is 0.304. The maximum Gasteiger partial charge on any atom is 0.257 e. The van der Waals surface area contributed by atoms with Crippen molar-refractivity contribution in [1.82, 2.24) is 9.88 Å². The number of fused-ring (bicyclic) bond motifs is 2. The minimum atomic E-state index is 0.0237. The minimum Gasteiger partial charge on any atom is -0.492 e. The standard InChI is InChI=1S/C23H24N2O2/c1-16(2)14-25(15-17-12-19-6-3-4-9-21(19)24-13-17)23(26)20-8-5-7-18-10-11-27-22(18)20/h3-9,12-13,16H,10-11,14-15H2,1-2H3. The van der Waals surface area contributed by atoms with E-state index >= 15 is 0 Å². The molecule has 1 aromatic heterocycles. The highest BCUT2D eigenvalue weighted by Gasteiger charge is 2.25. The monoisotopic (exact) mass is 360 g/mol. The molecule has 4 heteroatoms. The van der Waals surface area contributed by atoms with E-state index in [1.165, 1.54) is 0 Å². The summed E-state index contributed by atoms with van der Waals surface area (Å²) in [6.45, 7) is 6.14. The molecule has 0 N–H and O–H groups in total. The molecule has 0 atom stereocenters. The van der Waals surface area contributed by atoms with Gasteiger partial charge in [-0.15, -0.1) is 0 Å². The Morgan fingerprint density at radius 2 is 2.04 bits per heavy atom. The maximum absolute atomic E-state index is 13.3. The number of benzene rings is 2. The Bertz CT molecular complexity index is 981. The van der Waals surface area contributed by atoms with Gasteiger partial charge < -0.3 is 9.64 Å². The average Bonchev–Trinajstić information content (AvgIpc) is 3.15. The summed E-state index contributed by atoms with van der Waals surface area (Å²) in [6.07, 6.45) is 2.74. The van der Waals surface area contributed by atoms with E-state index in [9.17, 15) is 4.79 Å². The Hall–Kier alpha value is -2.88. The highest BCUT2D eigenvalue weighted by Crippen LogP contribution is 2.31. The second kappa shape index (κ2) is 7.39. The van der Waals surface area contributed by atoms with E-state index in [0.717, 1.165) is 34.2 Å². The van der Waals surface area contributed by atoms with Crippen molar-refractivity contribution in [3.05, 3.63) is 71.4 Å². The van der Waals surface area contributed by atoms with E-state index < -0.39 is 0 Å². The fourth-order valence-electron chi connectivity index (χ4n) is 3.64. The lowest BCUT2D eigenvalue weighted by molar-refractivity contribution is 0.0719. The number of hydrogen-bond donors (Lipinski definition) is 0. The van der Waals surface area contributed by atoms with Gasteiger partial charge in [-0.1, -0.05) is 44.2 Å². The van der Waals surface area contributed by atoms with Gasteiger partial charge in [-0.3, -0.25) is 9.78 Å². The van der Waals surface area contributed by atoms with Crippen LogP contribution in [0.2, 0.25) is 0 Å². The van der Waals surface area contributed by atoms with Gasteiger partial charge in [0.1, 0.15) is 5.75 Å². The molecule has 0 fully saturated rings. The molecule has 3 aromatic rings. The second-order valence-electron chi connectivity index (χ2n) is 7.51. The first-order valence-corrected chi connectivity index (χ1v) is 9.49. The van der Waals surface area contributed by atoms with Gasteiger partial charge in [0.05, 0.1) is 17.7 Å². The molecule has 0 unspecified atom stereocenters. The number of rotatable bonds is 5. The van der Waals surface area contributed by atoms with Crippen LogP contribution < -0.4 is 4.74 Å². The summed E-state index contributed by atoms with van der Waals surface area (Å²) in [5, 5.41) is 1.09. The molecular weight excluding hydrogens is 336 g/mol.